The van der Waals surface area contributed by atoms with Gasteiger partial charge in [0.25, 0.3) is 5.91 Å². The Morgan fingerprint density at radius 1 is 1.24 bits per heavy atom. The summed E-state index contributed by atoms with van der Waals surface area (Å²) >= 11 is 8.84. The van der Waals surface area contributed by atoms with Gasteiger partial charge in [0.05, 0.1) is 28.4 Å². The molecule has 1 aliphatic heterocycles. The number of ether oxygens (including phenoxy) is 3. The van der Waals surface area contributed by atoms with Crippen LogP contribution in [0.1, 0.15) is 5.56 Å². The lowest BCUT2D eigenvalue weighted by Crippen LogP contribution is -2.27. The largest absolute Gasteiger partial charge is 0.495 e. The van der Waals surface area contributed by atoms with Gasteiger partial charge in [0.2, 0.25) is 0 Å². The van der Waals surface area contributed by atoms with Gasteiger partial charge >= 0.3 is 0 Å². The van der Waals surface area contributed by atoms with E-state index >= 15 is 0 Å². The summed E-state index contributed by atoms with van der Waals surface area (Å²) in [6.45, 7) is 0.142. The number of hydrogen-bond acceptors (Lipinski definition) is 6. The fraction of sp³-hybridized carbons (Fsp3) is 0.143. The second-order valence-electron chi connectivity index (χ2n) is 5.72. The minimum atomic E-state index is -0.203. The molecule has 0 N–H and O–H groups in total. The van der Waals surface area contributed by atoms with Gasteiger partial charge in [-0.3, -0.25) is 9.69 Å². The van der Waals surface area contributed by atoms with Crippen molar-refractivity contribution in [2.75, 3.05) is 25.7 Å². The van der Waals surface area contributed by atoms with Crippen LogP contribution in [0.3, 0.4) is 0 Å². The fourth-order valence-corrected chi connectivity index (χ4v) is 4.78. The van der Waals surface area contributed by atoms with Crippen LogP contribution in [0, 0.1) is 15.9 Å². The van der Waals surface area contributed by atoms with E-state index in [1.165, 1.54) is 16.7 Å². The Bertz CT molecular complexity index is 1050. The lowest BCUT2D eigenvalue weighted by atomic mass is 10.1. The monoisotopic (exact) mass is 537 g/mol. The second kappa shape index (κ2) is 9.52. The number of para-hydroxylation sites is 2. The third-order valence-corrected chi connectivity index (χ3v) is 6.07. The smallest absolute Gasteiger partial charge is 0.270 e. The molecule has 0 aromatic heterocycles. The van der Waals surface area contributed by atoms with E-state index in [2.05, 4.69) is 28.5 Å². The van der Waals surface area contributed by atoms with Gasteiger partial charge in [-0.1, -0.05) is 42.0 Å². The normalized spacial score (nSPS) is 14.8. The van der Waals surface area contributed by atoms with Crippen molar-refractivity contribution in [3.8, 4) is 29.6 Å². The SMILES string of the molecule is C#CCOc1c(I)cc(/C=C2/SC(=S)N(c3ccccc3OC)C2=O)cc1OC. The first-order valence-corrected chi connectivity index (χ1v) is 10.6. The average molecular weight is 537 g/mol. The molecule has 1 heterocycles. The molecule has 1 saturated heterocycles. The minimum absolute atomic E-state index is 0.142. The van der Waals surface area contributed by atoms with Crippen molar-refractivity contribution in [2.45, 2.75) is 0 Å². The Balaban J connectivity index is 1.96. The van der Waals surface area contributed by atoms with Crippen LogP contribution in [0.15, 0.2) is 41.3 Å². The lowest BCUT2D eigenvalue weighted by molar-refractivity contribution is -0.113. The van der Waals surface area contributed by atoms with Gasteiger partial charge in [0, 0.05) is 0 Å². The number of nitrogens with zero attached hydrogens (tertiary/aromatic N) is 1. The zero-order valence-corrected chi connectivity index (χ0v) is 19.4. The molecule has 2 aromatic carbocycles. The molecule has 3 rings (SSSR count). The van der Waals surface area contributed by atoms with Crippen LogP contribution >= 0.6 is 46.6 Å². The number of carbonyl (C=O) groups is 1. The predicted molar refractivity (Wildman–Crippen MR) is 129 cm³/mol. The Hall–Kier alpha value is -2.22. The van der Waals surface area contributed by atoms with Crippen LogP contribution < -0.4 is 19.1 Å². The number of halogens is 1. The summed E-state index contributed by atoms with van der Waals surface area (Å²) in [5.74, 6) is 3.93. The molecular weight excluding hydrogens is 521 g/mol. The molecule has 1 amide bonds. The van der Waals surface area contributed by atoms with E-state index < -0.39 is 0 Å². The van der Waals surface area contributed by atoms with Gasteiger partial charge < -0.3 is 14.2 Å². The minimum Gasteiger partial charge on any atom is -0.495 e. The van der Waals surface area contributed by atoms with E-state index in [0.29, 0.717) is 32.2 Å². The summed E-state index contributed by atoms with van der Waals surface area (Å²) in [7, 11) is 3.11. The molecule has 29 heavy (non-hydrogen) atoms. The molecule has 0 unspecified atom stereocenters. The van der Waals surface area contributed by atoms with Crippen molar-refractivity contribution in [1.82, 2.24) is 0 Å². The van der Waals surface area contributed by atoms with Crippen molar-refractivity contribution in [3.63, 3.8) is 0 Å². The first kappa shape index (κ1) is 21.5. The fourth-order valence-electron chi connectivity index (χ4n) is 2.72. The summed E-state index contributed by atoms with van der Waals surface area (Å²) in [4.78, 5) is 15.0. The number of hydrogen-bond donors (Lipinski definition) is 0. The van der Waals surface area contributed by atoms with Crippen molar-refractivity contribution in [2.24, 2.45) is 0 Å². The molecule has 2 aromatic rings. The van der Waals surface area contributed by atoms with Crippen LogP contribution in [0.5, 0.6) is 17.2 Å². The van der Waals surface area contributed by atoms with E-state index in [9.17, 15) is 4.79 Å². The van der Waals surface area contributed by atoms with Crippen molar-refractivity contribution < 1.29 is 19.0 Å². The molecule has 148 valence electrons. The van der Waals surface area contributed by atoms with E-state index in [1.807, 2.05) is 18.2 Å². The molecule has 0 bridgehead atoms. The summed E-state index contributed by atoms with van der Waals surface area (Å²) in [5.41, 5.74) is 1.41. The summed E-state index contributed by atoms with van der Waals surface area (Å²) in [5, 5.41) is 0. The summed E-state index contributed by atoms with van der Waals surface area (Å²) in [6.07, 6.45) is 7.05. The van der Waals surface area contributed by atoms with Gasteiger partial charge in [-0.05, 0) is 58.5 Å². The maximum Gasteiger partial charge on any atom is 0.270 e. The van der Waals surface area contributed by atoms with Crippen LogP contribution in [-0.4, -0.2) is 31.1 Å². The Kier molecular flexibility index (Phi) is 7.05. The number of thioether (sulfide) groups is 1. The van der Waals surface area contributed by atoms with Crippen LogP contribution in [-0.2, 0) is 4.79 Å². The Morgan fingerprint density at radius 3 is 2.66 bits per heavy atom. The number of carbonyl (C=O) groups excluding carboxylic acids is 1. The van der Waals surface area contributed by atoms with Gasteiger partial charge in [-0.15, -0.1) is 6.42 Å². The first-order chi connectivity index (χ1) is 14.0. The zero-order chi connectivity index (χ0) is 21.0. The number of methoxy groups -OCH3 is 2. The summed E-state index contributed by atoms with van der Waals surface area (Å²) in [6, 6.07) is 11.0. The standard InChI is InChI=1S/C21H16INO4S2/c1-4-9-27-19-14(22)10-13(11-17(19)26-3)12-18-20(24)23(21(28)29-18)15-7-5-6-8-16(15)25-2/h1,5-8,10-12H,9H2,2-3H3/b18-12+. The van der Waals surface area contributed by atoms with E-state index in [1.54, 1.807) is 38.5 Å². The molecule has 0 aliphatic carbocycles. The molecule has 1 fully saturated rings. The van der Waals surface area contributed by atoms with Crippen LogP contribution in [0.4, 0.5) is 5.69 Å². The highest BCUT2D eigenvalue weighted by Gasteiger charge is 2.34. The Morgan fingerprint density at radius 2 is 1.97 bits per heavy atom. The van der Waals surface area contributed by atoms with Crippen molar-refractivity contribution in [3.05, 3.63) is 50.4 Å². The highest BCUT2D eigenvalue weighted by molar-refractivity contribution is 14.1. The highest BCUT2D eigenvalue weighted by atomic mass is 127. The van der Waals surface area contributed by atoms with Gasteiger partial charge in [0.15, 0.2) is 15.8 Å². The molecule has 0 atom stereocenters. The van der Waals surface area contributed by atoms with Crippen molar-refractivity contribution >= 4 is 68.6 Å². The molecule has 0 spiro atoms. The summed E-state index contributed by atoms with van der Waals surface area (Å²) < 4.78 is 17.6. The number of thiocarbonyl (C=S) groups is 1. The van der Waals surface area contributed by atoms with Gasteiger partial charge in [-0.25, -0.2) is 0 Å². The molecule has 0 saturated carbocycles. The van der Waals surface area contributed by atoms with E-state index in [0.717, 1.165) is 9.13 Å². The number of benzene rings is 2. The maximum absolute atomic E-state index is 13.1. The maximum atomic E-state index is 13.1. The van der Waals surface area contributed by atoms with E-state index in [4.69, 9.17) is 32.9 Å². The average Bonchev–Trinajstić information content (AvgIpc) is 2.99. The number of terminal acetylenes is 1. The third kappa shape index (κ3) is 4.52. The molecular formula is C21H16INO4S2. The van der Waals surface area contributed by atoms with Gasteiger partial charge in [-0.2, -0.15) is 0 Å². The number of amides is 1. The predicted octanol–water partition coefficient (Wildman–Crippen LogP) is 4.73. The second-order valence-corrected chi connectivity index (χ2v) is 8.55. The third-order valence-electron chi connectivity index (χ3n) is 3.97. The molecule has 8 heteroatoms. The molecule has 5 nitrogen and oxygen atoms in total. The first-order valence-electron chi connectivity index (χ1n) is 8.35. The Labute approximate surface area is 192 Å². The lowest BCUT2D eigenvalue weighted by Gasteiger charge is -2.17. The van der Waals surface area contributed by atoms with Gasteiger partial charge in [0.1, 0.15) is 12.4 Å². The van der Waals surface area contributed by atoms with Crippen LogP contribution in [0.2, 0.25) is 0 Å². The zero-order valence-electron chi connectivity index (χ0n) is 15.6. The molecule has 1 aliphatic rings. The van der Waals surface area contributed by atoms with Crippen LogP contribution in [0.25, 0.3) is 6.08 Å². The highest BCUT2D eigenvalue weighted by Crippen LogP contribution is 2.41. The van der Waals surface area contributed by atoms with Crippen molar-refractivity contribution in [1.29, 1.82) is 0 Å². The molecule has 0 radical (unpaired) electrons. The van der Waals surface area contributed by atoms with E-state index in [-0.39, 0.29) is 12.5 Å². The number of rotatable bonds is 6. The topological polar surface area (TPSA) is 48.0 Å². The quantitative estimate of drug-likeness (QED) is 0.230. The number of anilines is 1.